The lowest BCUT2D eigenvalue weighted by Crippen LogP contribution is -2.37. The number of rotatable bonds is 3. The molecule has 1 aliphatic rings. The normalized spacial score (nSPS) is 16.6. The van der Waals surface area contributed by atoms with Gasteiger partial charge in [0.05, 0.1) is 23.6 Å². The molecule has 2 heterocycles. The number of alkyl halides is 2. The van der Waals surface area contributed by atoms with Gasteiger partial charge in [-0.25, -0.2) is 13.6 Å². The number of hydrogen-bond donors (Lipinski definition) is 3. The lowest BCUT2D eigenvalue weighted by Gasteiger charge is -2.34. The second-order valence-corrected chi connectivity index (χ2v) is 6.53. The lowest BCUT2D eigenvalue weighted by molar-refractivity contribution is -0.106. The fraction of sp³-hybridized carbons (Fsp3) is 0.250. The minimum Gasteiger partial charge on any atom is -0.359 e. The van der Waals surface area contributed by atoms with Gasteiger partial charge in [0.1, 0.15) is 0 Å². The van der Waals surface area contributed by atoms with Crippen LogP contribution in [0.25, 0.3) is 10.9 Å². The van der Waals surface area contributed by atoms with E-state index in [0.29, 0.717) is 16.4 Å². The zero-order valence-electron chi connectivity index (χ0n) is 12.9. The van der Waals surface area contributed by atoms with Crippen LogP contribution in [0.4, 0.5) is 25.0 Å². The maximum Gasteiger partial charge on any atom is 0.323 e. The monoisotopic (exact) mass is 365 g/mol. The van der Waals surface area contributed by atoms with Crippen molar-refractivity contribution in [2.75, 3.05) is 10.6 Å². The number of H-pyrrole nitrogens is 1. The van der Waals surface area contributed by atoms with E-state index in [1.54, 1.807) is 24.5 Å². The summed E-state index contributed by atoms with van der Waals surface area (Å²) in [5, 5.41) is 10.7. The Balaban J connectivity index is 1.42. The van der Waals surface area contributed by atoms with Crippen molar-refractivity contribution in [1.82, 2.24) is 14.8 Å². The third-order valence-electron chi connectivity index (χ3n) is 4.19. The second kappa shape index (κ2) is 5.73. The SMILES string of the molecule is O=C(Nc1cnn(C2CC(F)(F)C2)c1)Nc1c[nH]c2ccc(Cl)cc12. The Morgan fingerprint density at radius 2 is 2.16 bits per heavy atom. The average Bonchev–Trinajstić information content (AvgIpc) is 3.12. The highest BCUT2D eigenvalue weighted by Crippen LogP contribution is 2.45. The van der Waals surface area contributed by atoms with Gasteiger partial charge in [0.25, 0.3) is 5.92 Å². The highest BCUT2D eigenvalue weighted by Gasteiger charge is 2.46. The number of halogens is 3. The Morgan fingerprint density at radius 3 is 2.92 bits per heavy atom. The van der Waals surface area contributed by atoms with Crippen LogP contribution in [0.5, 0.6) is 0 Å². The molecule has 3 aromatic rings. The first-order valence-corrected chi connectivity index (χ1v) is 8.04. The number of fused-ring (bicyclic) bond motifs is 1. The van der Waals surface area contributed by atoms with E-state index in [2.05, 4.69) is 20.7 Å². The van der Waals surface area contributed by atoms with Crippen LogP contribution in [0.3, 0.4) is 0 Å². The zero-order valence-corrected chi connectivity index (χ0v) is 13.6. The molecule has 0 unspecified atom stereocenters. The van der Waals surface area contributed by atoms with Crippen LogP contribution in [0.1, 0.15) is 18.9 Å². The van der Waals surface area contributed by atoms with Crippen LogP contribution in [-0.4, -0.2) is 26.7 Å². The van der Waals surface area contributed by atoms with E-state index in [1.165, 1.54) is 10.9 Å². The first-order valence-electron chi connectivity index (χ1n) is 7.66. The Morgan fingerprint density at radius 1 is 1.36 bits per heavy atom. The van der Waals surface area contributed by atoms with Gasteiger partial charge in [0.2, 0.25) is 0 Å². The summed E-state index contributed by atoms with van der Waals surface area (Å²) in [6.45, 7) is 0. The van der Waals surface area contributed by atoms with Crippen LogP contribution < -0.4 is 10.6 Å². The molecule has 0 atom stereocenters. The van der Waals surface area contributed by atoms with Gasteiger partial charge in [-0.1, -0.05) is 11.6 Å². The number of hydrogen-bond acceptors (Lipinski definition) is 2. The third kappa shape index (κ3) is 3.17. The highest BCUT2D eigenvalue weighted by atomic mass is 35.5. The van der Waals surface area contributed by atoms with Gasteiger partial charge in [0, 0.05) is 41.2 Å². The summed E-state index contributed by atoms with van der Waals surface area (Å²) >= 11 is 5.98. The van der Waals surface area contributed by atoms with Crippen molar-refractivity contribution in [3.8, 4) is 0 Å². The average molecular weight is 366 g/mol. The minimum absolute atomic E-state index is 0.226. The molecular weight excluding hydrogens is 352 g/mol. The Bertz CT molecular complexity index is 943. The number of carbonyl (C=O) groups is 1. The van der Waals surface area contributed by atoms with E-state index >= 15 is 0 Å². The third-order valence-corrected chi connectivity index (χ3v) is 4.43. The second-order valence-electron chi connectivity index (χ2n) is 6.10. The number of benzene rings is 1. The maximum atomic E-state index is 12.9. The number of nitrogens with one attached hydrogen (secondary N) is 3. The molecule has 25 heavy (non-hydrogen) atoms. The van der Waals surface area contributed by atoms with Crippen molar-refractivity contribution < 1.29 is 13.6 Å². The summed E-state index contributed by atoms with van der Waals surface area (Å²) in [4.78, 5) is 15.2. The van der Waals surface area contributed by atoms with Crippen molar-refractivity contribution in [2.24, 2.45) is 0 Å². The van der Waals surface area contributed by atoms with Crippen molar-refractivity contribution in [2.45, 2.75) is 24.8 Å². The first kappa shape index (κ1) is 15.9. The summed E-state index contributed by atoms with van der Waals surface area (Å²) in [6, 6.07) is 4.53. The van der Waals surface area contributed by atoms with E-state index in [-0.39, 0.29) is 18.9 Å². The highest BCUT2D eigenvalue weighted by molar-refractivity contribution is 6.31. The molecule has 2 aromatic heterocycles. The molecule has 0 radical (unpaired) electrons. The Kier molecular flexibility index (Phi) is 3.64. The number of aromatic amines is 1. The van der Waals surface area contributed by atoms with E-state index in [9.17, 15) is 13.6 Å². The molecule has 3 N–H and O–H groups in total. The smallest absolute Gasteiger partial charge is 0.323 e. The van der Waals surface area contributed by atoms with Gasteiger partial charge < -0.3 is 15.6 Å². The molecule has 0 aliphatic heterocycles. The fourth-order valence-corrected chi connectivity index (χ4v) is 3.07. The summed E-state index contributed by atoms with van der Waals surface area (Å²) in [5.41, 5.74) is 1.87. The first-order chi connectivity index (χ1) is 11.9. The molecule has 1 saturated carbocycles. The summed E-state index contributed by atoms with van der Waals surface area (Å²) in [7, 11) is 0. The van der Waals surface area contributed by atoms with Gasteiger partial charge in [-0.3, -0.25) is 4.68 Å². The Labute approximate surface area is 146 Å². The molecule has 9 heteroatoms. The molecule has 130 valence electrons. The standard InChI is InChI=1S/C16H14ClF2N5O/c17-9-1-2-13-12(3-9)14(7-20-13)23-15(25)22-10-6-21-24(8-10)11-4-16(18,19)5-11/h1-3,6-8,11,20H,4-5H2,(H2,22,23,25). The number of aromatic nitrogens is 3. The molecular formula is C16H14ClF2N5O. The molecule has 0 saturated heterocycles. The molecule has 2 amide bonds. The van der Waals surface area contributed by atoms with Gasteiger partial charge in [-0.15, -0.1) is 0 Å². The molecule has 1 aromatic carbocycles. The Hall–Kier alpha value is -2.61. The van der Waals surface area contributed by atoms with E-state index in [1.807, 2.05) is 6.07 Å². The number of carbonyl (C=O) groups excluding carboxylic acids is 1. The quantitative estimate of drug-likeness (QED) is 0.633. The predicted octanol–water partition coefficient (Wildman–Crippen LogP) is 4.63. The van der Waals surface area contributed by atoms with Crippen LogP contribution in [0.2, 0.25) is 5.02 Å². The summed E-state index contributed by atoms with van der Waals surface area (Å²) < 4.78 is 27.3. The number of nitrogens with zero attached hydrogens (tertiary/aromatic N) is 2. The van der Waals surface area contributed by atoms with Crippen molar-refractivity contribution in [1.29, 1.82) is 0 Å². The van der Waals surface area contributed by atoms with Crippen LogP contribution in [0, 0.1) is 0 Å². The molecule has 1 aliphatic carbocycles. The minimum atomic E-state index is -2.61. The van der Waals surface area contributed by atoms with Crippen molar-refractivity contribution in [3.63, 3.8) is 0 Å². The molecule has 1 fully saturated rings. The molecule has 0 bridgehead atoms. The zero-order chi connectivity index (χ0) is 17.6. The molecule has 4 rings (SSSR count). The van der Waals surface area contributed by atoms with E-state index in [4.69, 9.17) is 11.6 Å². The fourth-order valence-electron chi connectivity index (χ4n) is 2.90. The van der Waals surface area contributed by atoms with E-state index < -0.39 is 12.0 Å². The topological polar surface area (TPSA) is 74.7 Å². The predicted molar refractivity (Wildman–Crippen MR) is 91.4 cm³/mol. The molecule has 0 spiro atoms. The van der Waals surface area contributed by atoms with Crippen molar-refractivity contribution in [3.05, 3.63) is 41.8 Å². The molecule has 6 nitrogen and oxygen atoms in total. The number of anilines is 2. The van der Waals surface area contributed by atoms with Gasteiger partial charge in [-0.05, 0) is 18.2 Å². The van der Waals surface area contributed by atoms with Crippen LogP contribution in [-0.2, 0) is 0 Å². The van der Waals surface area contributed by atoms with Gasteiger partial charge in [0.15, 0.2) is 0 Å². The number of amides is 2. The van der Waals surface area contributed by atoms with Crippen molar-refractivity contribution >= 4 is 39.9 Å². The summed E-state index contributed by atoms with van der Waals surface area (Å²) in [5.74, 6) is -2.61. The van der Waals surface area contributed by atoms with Gasteiger partial charge >= 0.3 is 6.03 Å². The van der Waals surface area contributed by atoms with Crippen LogP contribution in [0.15, 0.2) is 36.8 Å². The van der Waals surface area contributed by atoms with Crippen LogP contribution >= 0.6 is 11.6 Å². The lowest BCUT2D eigenvalue weighted by atomic mass is 9.88. The van der Waals surface area contributed by atoms with Gasteiger partial charge in [-0.2, -0.15) is 5.10 Å². The summed E-state index contributed by atoms with van der Waals surface area (Å²) in [6.07, 6.45) is 4.20. The maximum absolute atomic E-state index is 12.9. The number of urea groups is 1. The van der Waals surface area contributed by atoms with E-state index in [0.717, 1.165) is 10.9 Å². The largest absolute Gasteiger partial charge is 0.359 e.